The van der Waals surface area contributed by atoms with Gasteiger partial charge in [0.1, 0.15) is 0 Å². The van der Waals surface area contributed by atoms with Crippen molar-refractivity contribution in [1.29, 1.82) is 0 Å². The lowest BCUT2D eigenvalue weighted by atomic mass is 9.65. The standard InChI is InChI=1S/C16H27N3O2/c1-15(2)8-12-9-16(3,10-15)11-19(12)14(21)13(20)18-6-4-17-5-7-18/h12,17H,4-11H2,1-3H3. The van der Waals surface area contributed by atoms with Crippen molar-refractivity contribution < 1.29 is 9.59 Å². The average Bonchev–Trinajstić information content (AvgIpc) is 2.67. The van der Waals surface area contributed by atoms with Gasteiger partial charge < -0.3 is 15.1 Å². The highest BCUT2D eigenvalue weighted by molar-refractivity contribution is 6.35. The summed E-state index contributed by atoms with van der Waals surface area (Å²) < 4.78 is 0. The number of fused-ring (bicyclic) bond motifs is 2. The zero-order valence-corrected chi connectivity index (χ0v) is 13.4. The highest BCUT2D eigenvalue weighted by Crippen LogP contribution is 2.52. The molecule has 5 nitrogen and oxygen atoms in total. The minimum Gasteiger partial charge on any atom is -0.332 e. The van der Waals surface area contributed by atoms with E-state index >= 15 is 0 Å². The maximum atomic E-state index is 12.7. The van der Waals surface area contributed by atoms with Gasteiger partial charge in [0.05, 0.1) is 0 Å². The molecule has 1 aliphatic carbocycles. The van der Waals surface area contributed by atoms with E-state index in [9.17, 15) is 9.59 Å². The summed E-state index contributed by atoms with van der Waals surface area (Å²) >= 11 is 0. The highest BCUT2D eigenvalue weighted by Gasteiger charge is 2.52. The second-order valence-electron chi connectivity index (χ2n) is 8.19. The van der Waals surface area contributed by atoms with Crippen LogP contribution in [0.4, 0.5) is 0 Å². The molecule has 0 radical (unpaired) electrons. The molecular weight excluding hydrogens is 266 g/mol. The van der Waals surface area contributed by atoms with Gasteiger partial charge in [-0.3, -0.25) is 9.59 Å². The van der Waals surface area contributed by atoms with Gasteiger partial charge in [0.15, 0.2) is 0 Å². The maximum Gasteiger partial charge on any atom is 0.312 e. The zero-order valence-electron chi connectivity index (χ0n) is 13.4. The van der Waals surface area contributed by atoms with Crippen LogP contribution in [0.15, 0.2) is 0 Å². The van der Waals surface area contributed by atoms with E-state index in [1.165, 1.54) is 0 Å². The van der Waals surface area contributed by atoms with Crippen LogP contribution in [0.25, 0.3) is 0 Å². The Morgan fingerprint density at radius 1 is 1.05 bits per heavy atom. The number of amides is 2. The van der Waals surface area contributed by atoms with Crippen molar-refractivity contribution in [2.45, 2.75) is 46.1 Å². The van der Waals surface area contributed by atoms with Gasteiger partial charge in [-0.25, -0.2) is 0 Å². The number of nitrogens with zero attached hydrogens (tertiary/aromatic N) is 2. The molecule has 3 fully saturated rings. The molecule has 118 valence electrons. The van der Waals surface area contributed by atoms with Crippen LogP contribution >= 0.6 is 0 Å². The summed E-state index contributed by atoms with van der Waals surface area (Å²) in [5.41, 5.74) is 0.455. The Bertz CT molecular complexity index is 456. The first kappa shape index (κ1) is 14.8. The number of carbonyl (C=O) groups is 2. The third-order valence-corrected chi connectivity index (χ3v) is 5.26. The lowest BCUT2D eigenvalue weighted by Gasteiger charge is -2.39. The monoisotopic (exact) mass is 293 g/mol. The number of piperazine rings is 1. The molecule has 2 atom stereocenters. The first-order valence-corrected chi connectivity index (χ1v) is 8.10. The molecule has 3 rings (SSSR count). The van der Waals surface area contributed by atoms with Crippen LogP contribution in [0.5, 0.6) is 0 Å². The summed E-state index contributed by atoms with van der Waals surface area (Å²) in [5.74, 6) is -0.575. The van der Waals surface area contributed by atoms with Crippen molar-refractivity contribution in [3.63, 3.8) is 0 Å². The van der Waals surface area contributed by atoms with Gasteiger partial charge in [0.25, 0.3) is 0 Å². The summed E-state index contributed by atoms with van der Waals surface area (Å²) in [6.45, 7) is 10.4. The molecule has 2 amide bonds. The van der Waals surface area contributed by atoms with Crippen molar-refractivity contribution in [2.24, 2.45) is 10.8 Å². The molecule has 5 heteroatoms. The highest BCUT2D eigenvalue weighted by atomic mass is 16.2. The van der Waals surface area contributed by atoms with Crippen molar-refractivity contribution in [1.82, 2.24) is 15.1 Å². The van der Waals surface area contributed by atoms with Gasteiger partial charge in [0, 0.05) is 38.8 Å². The molecule has 0 aromatic heterocycles. The smallest absolute Gasteiger partial charge is 0.312 e. The Morgan fingerprint density at radius 3 is 2.38 bits per heavy atom. The minimum atomic E-state index is -0.301. The van der Waals surface area contributed by atoms with Gasteiger partial charge in [0.2, 0.25) is 0 Å². The van der Waals surface area contributed by atoms with E-state index in [1.54, 1.807) is 4.90 Å². The summed E-state index contributed by atoms with van der Waals surface area (Å²) in [5, 5.41) is 3.21. The number of nitrogens with one attached hydrogen (secondary N) is 1. The van der Waals surface area contributed by atoms with Crippen LogP contribution in [0.2, 0.25) is 0 Å². The van der Waals surface area contributed by atoms with E-state index in [0.29, 0.717) is 13.1 Å². The van der Waals surface area contributed by atoms with Gasteiger partial charge in [-0.2, -0.15) is 0 Å². The summed E-state index contributed by atoms with van der Waals surface area (Å²) in [4.78, 5) is 28.7. The van der Waals surface area contributed by atoms with Crippen molar-refractivity contribution >= 4 is 11.8 Å². The summed E-state index contributed by atoms with van der Waals surface area (Å²) in [7, 11) is 0. The fourth-order valence-corrected chi connectivity index (χ4v) is 4.82. The zero-order chi connectivity index (χ0) is 15.3. The predicted molar refractivity (Wildman–Crippen MR) is 80.7 cm³/mol. The molecule has 2 heterocycles. The molecule has 0 spiro atoms. The van der Waals surface area contributed by atoms with E-state index in [0.717, 1.165) is 38.9 Å². The maximum absolute atomic E-state index is 12.7. The molecule has 2 bridgehead atoms. The number of rotatable bonds is 0. The normalized spacial score (nSPS) is 34.9. The Labute approximate surface area is 127 Å². The van der Waals surface area contributed by atoms with E-state index in [4.69, 9.17) is 0 Å². The first-order valence-electron chi connectivity index (χ1n) is 8.10. The van der Waals surface area contributed by atoms with Crippen molar-refractivity contribution in [3.05, 3.63) is 0 Å². The van der Waals surface area contributed by atoms with E-state index in [2.05, 4.69) is 26.1 Å². The number of hydrogen-bond donors (Lipinski definition) is 1. The molecule has 2 unspecified atom stereocenters. The molecule has 3 aliphatic rings. The fourth-order valence-electron chi connectivity index (χ4n) is 4.82. The van der Waals surface area contributed by atoms with E-state index < -0.39 is 0 Å². The Balaban J connectivity index is 1.72. The molecule has 21 heavy (non-hydrogen) atoms. The summed E-state index contributed by atoms with van der Waals surface area (Å²) in [6.07, 6.45) is 3.21. The first-order chi connectivity index (χ1) is 9.80. The number of likely N-dealkylation sites (tertiary alicyclic amines) is 1. The topological polar surface area (TPSA) is 52.7 Å². The third kappa shape index (κ3) is 2.80. The van der Waals surface area contributed by atoms with Gasteiger partial charge in [-0.15, -0.1) is 0 Å². The van der Waals surface area contributed by atoms with Crippen LogP contribution in [0.1, 0.15) is 40.0 Å². The van der Waals surface area contributed by atoms with Crippen LogP contribution in [0.3, 0.4) is 0 Å². The minimum absolute atomic E-state index is 0.186. The molecule has 2 saturated heterocycles. The average molecular weight is 293 g/mol. The molecule has 0 aromatic carbocycles. The SMILES string of the molecule is CC1(C)CC2CC(C)(CN2C(=O)C(=O)N2CCNCC2)C1. The Hall–Kier alpha value is -1.10. The predicted octanol–water partition coefficient (Wildman–Crippen LogP) is 0.845. The quantitative estimate of drug-likeness (QED) is 0.674. The lowest BCUT2D eigenvalue weighted by Crippen LogP contribution is -2.53. The molecule has 1 saturated carbocycles. The summed E-state index contributed by atoms with van der Waals surface area (Å²) in [6, 6.07) is 0.248. The van der Waals surface area contributed by atoms with Crippen LogP contribution in [-0.2, 0) is 9.59 Å². The second-order valence-corrected chi connectivity index (χ2v) is 8.19. The number of carbonyl (C=O) groups excluding carboxylic acids is 2. The fraction of sp³-hybridized carbons (Fsp3) is 0.875. The van der Waals surface area contributed by atoms with Crippen molar-refractivity contribution in [3.8, 4) is 0 Å². The Kier molecular flexibility index (Phi) is 3.51. The van der Waals surface area contributed by atoms with E-state index in [1.807, 2.05) is 4.90 Å². The van der Waals surface area contributed by atoms with Gasteiger partial charge in [-0.1, -0.05) is 20.8 Å². The van der Waals surface area contributed by atoms with E-state index in [-0.39, 0.29) is 28.7 Å². The molecule has 2 aliphatic heterocycles. The molecule has 1 N–H and O–H groups in total. The lowest BCUT2D eigenvalue weighted by molar-refractivity contribution is -0.152. The molecule has 0 aromatic rings. The third-order valence-electron chi connectivity index (χ3n) is 5.26. The molecular formula is C16H27N3O2. The van der Waals surface area contributed by atoms with Crippen LogP contribution in [-0.4, -0.2) is 60.4 Å². The van der Waals surface area contributed by atoms with Crippen LogP contribution in [0, 0.1) is 10.8 Å². The second kappa shape index (κ2) is 4.97. The Morgan fingerprint density at radius 2 is 1.71 bits per heavy atom. The van der Waals surface area contributed by atoms with Gasteiger partial charge in [-0.05, 0) is 30.1 Å². The van der Waals surface area contributed by atoms with Crippen LogP contribution < -0.4 is 5.32 Å². The van der Waals surface area contributed by atoms with Gasteiger partial charge >= 0.3 is 11.8 Å². The number of hydrogen-bond acceptors (Lipinski definition) is 3. The largest absolute Gasteiger partial charge is 0.332 e. The van der Waals surface area contributed by atoms with Crippen molar-refractivity contribution in [2.75, 3.05) is 32.7 Å².